The summed E-state index contributed by atoms with van der Waals surface area (Å²) < 4.78 is 10.7. The Morgan fingerprint density at radius 2 is 1.76 bits per heavy atom. The van der Waals surface area contributed by atoms with E-state index in [1.807, 2.05) is 30.3 Å². The SMILES string of the molecule is COc1cc(C2CC(c3ccccc3)=NN2C(=O)c2ccccc2O)ccc1OCC(=O)O. The molecule has 1 amide bonds. The van der Waals surface area contributed by atoms with Crippen LogP contribution in [0.2, 0.25) is 0 Å². The van der Waals surface area contributed by atoms with Crippen LogP contribution in [0.15, 0.2) is 77.9 Å². The van der Waals surface area contributed by atoms with E-state index in [1.165, 1.54) is 18.2 Å². The highest BCUT2D eigenvalue weighted by atomic mass is 16.5. The number of carboxylic acid groups (broad SMARTS) is 1. The number of hydrogen-bond acceptors (Lipinski definition) is 6. The van der Waals surface area contributed by atoms with E-state index in [9.17, 15) is 14.7 Å². The Bertz CT molecular complexity index is 1210. The molecule has 33 heavy (non-hydrogen) atoms. The standard InChI is InChI=1S/C25H22N2O6/c1-32-23-13-17(11-12-22(23)33-15-24(29)30)20-14-19(16-7-3-2-4-8-16)26-27(20)25(31)18-9-5-6-10-21(18)28/h2-13,20,28H,14-15H2,1H3,(H,29,30). The first-order valence-electron chi connectivity index (χ1n) is 10.2. The Morgan fingerprint density at radius 1 is 1.03 bits per heavy atom. The van der Waals surface area contributed by atoms with E-state index in [2.05, 4.69) is 5.10 Å². The van der Waals surface area contributed by atoms with Crippen molar-refractivity contribution >= 4 is 17.6 Å². The number of ether oxygens (including phenoxy) is 2. The molecule has 0 saturated carbocycles. The molecule has 0 bridgehead atoms. The number of phenols is 1. The molecule has 0 spiro atoms. The number of hydrazone groups is 1. The molecule has 1 heterocycles. The predicted molar refractivity (Wildman–Crippen MR) is 121 cm³/mol. The second-order valence-corrected chi connectivity index (χ2v) is 7.39. The molecule has 3 aromatic carbocycles. The zero-order valence-corrected chi connectivity index (χ0v) is 17.8. The lowest BCUT2D eigenvalue weighted by Crippen LogP contribution is -2.27. The number of aliphatic carboxylic acids is 1. The number of nitrogens with zero attached hydrogens (tertiary/aromatic N) is 2. The smallest absolute Gasteiger partial charge is 0.341 e. The second-order valence-electron chi connectivity index (χ2n) is 7.39. The summed E-state index contributed by atoms with van der Waals surface area (Å²) in [4.78, 5) is 24.2. The first-order chi connectivity index (χ1) is 16.0. The van der Waals surface area contributed by atoms with E-state index >= 15 is 0 Å². The highest BCUT2D eigenvalue weighted by Crippen LogP contribution is 2.38. The van der Waals surface area contributed by atoms with E-state index in [0.29, 0.717) is 12.2 Å². The number of aromatic hydroxyl groups is 1. The lowest BCUT2D eigenvalue weighted by molar-refractivity contribution is -0.139. The minimum absolute atomic E-state index is 0.125. The minimum atomic E-state index is -1.10. The van der Waals surface area contributed by atoms with Gasteiger partial charge in [0, 0.05) is 6.42 Å². The van der Waals surface area contributed by atoms with Crippen LogP contribution in [0.4, 0.5) is 0 Å². The zero-order chi connectivity index (χ0) is 23.4. The first kappa shape index (κ1) is 21.9. The van der Waals surface area contributed by atoms with Crippen LogP contribution < -0.4 is 9.47 Å². The van der Waals surface area contributed by atoms with Crippen molar-refractivity contribution in [3.63, 3.8) is 0 Å². The van der Waals surface area contributed by atoms with Crippen LogP contribution in [0.25, 0.3) is 0 Å². The predicted octanol–water partition coefficient (Wildman–Crippen LogP) is 3.86. The van der Waals surface area contributed by atoms with Crippen LogP contribution in [0, 0.1) is 0 Å². The monoisotopic (exact) mass is 446 g/mol. The van der Waals surface area contributed by atoms with Gasteiger partial charge in [-0.15, -0.1) is 0 Å². The molecule has 4 rings (SSSR count). The van der Waals surface area contributed by atoms with Gasteiger partial charge in [0.2, 0.25) is 0 Å². The van der Waals surface area contributed by atoms with E-state index in [1.54, 1.807) is 36.4 Å². The van der Waals surface area contributed by atoms with Gasteiger partial charge in [0.05, 0.1) is 24.4 Å². The summed E-state index contributed by atoms with van der Waals surface area (Å²) >= 11 is 0. The summed E-state index contributed by atoms with van der Waals surface area (Å²) in [7, 11) is 1.46. The topological polar surface area (TPSA) is 109 Å². The maximum absolute atomic E-state index is 13.4. The third kappa shape index (κ3) is 4.64. The van der Waals surface area contributed by atoms with Gasteiger partial charge in [-0.1, -0.05) is 48.5 Å². The van der Waals surface area contributed by atoms with E-state index in [4.69, 9.17) is 14.6 Å². The van der Waals surface area contributed by atoms with Gasteiger partial charge in [-0.3, -0.25) is 4.79 Å². The summed E-state index contributed by atoms with van der Waals surface area (Å²) in [6.45, 7) is -0.502. The van der Waals surface area contributed by atoms with Gasteiger partial charge in [0.25, 0.3) is 5.91 Å². The molecule has 0 fully saturated rings. The maximum atomic E-state index is 13.4. The fourth-order valence-electron chi connectivity index (χ4n) is 3.69. The van der Waals surface area contributed by atoms with Crippen molar-refractivity contribution in [1.82, 2.24) is 5.01 Å². The number of amides is 1. The highest BCUT2D eigenvalue weighted by Gasteiger charge is 2.35. The van der Waals surface area contributed by atoms with Gasteiger partial charge >= 0.3 is 5.97 Å². The molecule has 1 atom stereocenters. The van der Waals surface area contributed by atoms with Gasteiger partial charge in [-0.25, -0.2) is 9.80 Å². The number of carbonyl (C=O) groups excluding carboxylic acids is 1. The second kappa shape index (κ2) is 9.44. The molecule has 3 aromatic rings. The van der Waals surface area contributed by atoms with Gasteiger partial charge in [0.1, 0.15) is 5.75 Å². The first-order valence-corrected chi connectivity index (χ1v) is 10.2. The van der Waals surface area contributed by atoms with Gasteiger partial charge in [-0.05, 0) is 35.4 Å². The number of rotatable bonds is 7. The molecular weight excluding hydrogens is 424 g/mol. The average molecular weight is 446 g/mol. The third-order valence-corrected chi connectivity index (χ3v) is 5.28. The Hall–Kier alpha value is -4.33. The molecular formula is C25H22N2O6. The van der Waals surface area contributed by atoms with Gasteiger partial charge < -0.3 is 19.7 Å². The number of hydrogen-bond donors (Lipinski definition) is 2. The molecule has 0 aliphatic carbocycles. The van der Waals surface area contributed by atoms with Crippen molar-refractivity contribution < 1.29 is 29.3 Å². The lowest BCUT2D eigenvalue weighted by atomic mass is 9.97. The normalized spacial score (nSPS) is 15.1. The van der Waals surface area contributed by atoms with Crippen LogP contribution in [0.3, 0.4) is 0 Å². The molecule has 2 N–H and O–H groups in total. The van der Waals surface area contributed by atoms with Crippen molar-refractivity contribution in [1.29, 1.82) is 0 Å². The Morgan fingerprint density at radius 3 is 2.45 bits per heavy atom. The van der Waals surface area contributed by atoms with Gasteiger partial charge in [-0.2, -0.15) is 5.10 Å². The molecule has 1 unspecified atom stereocenters. The minimum Gasteiger partial charge on any atom is -0.507 e. The molecule has 8 heteroatoms. The number of carboxylic acids is 1. The molecule has 8 nitrogen and oxygen atoms in total. The molecule has 0 aromatic heterocycles. The Balaban J connectivity index is 1.72. The number of methoxy groups -OCH3 is 1. The quantitative estimate of drug-likeness (QED) is 0.571. The van der Waals surface area contributed by atoms with Crippen LogP contribution in [0.5, 0.6) is 17.2 Å². The molecule has 168 valence electrons. The largest absolute Gasteiger partial charge is 0.507 e. The summed E-state index contributed by atoms with van der Waals surface area (Å²) in [5, 5.41) is 25.1. The highest BCUT2D eigenvalue weighted by molar-refractivity contribution is 6.05. The van der Waals surface area contributed by atoms with Crippen LogP contribution in [-0.4, -0.2) is 46.5 Å². The van der Waals surface area contributed by atoms with Gasteiger partial charge in [0.15, 0.2) is 18.1 Å². The molecule has 0 saturated heterocycles. The molecule has 1 aliphatic heterocycles. The van der Waals surface area contributed by atoms with Crippen LogP contribution in [-0.2, 0) is 4.79 Å². The summed E-state index contributed by atoms with van der Waals surface area (Å²) in [6, 6.07) is 20.5. The molecule has 0 radical (unpaired) electrons. The van der Waals surface area contributed by atoms with Crippen molar-refractivity contribution in [2.24, 2.45) is 5.10 Å². The summed E-state index contributed by atoms with van der Waals surface area (Å²) in [6.07, 6.45) is 0.446. The van der Waals surface area contributed by atoms with E-state index < -0.39 is 24.5 Å². The number of carbonyl (C=O) groups is 2. The molecule has 1 aliphatic rings. The van der Waals surface area contributed by atoms with Crippen LogP contribution in [0.1, 0.15) is 33.9 Å². The summed E-state index contributed by atoms with van der Waals surface area (Å²) in [5.41, 5.74) is 2.50. The van der Waals surface area contributed by atoms with Crippen molar-refractivity contribution in [3.8, 4) is 17.2 Å². The Kier molecular flexibility index (Phi) is 6.26. The Labute approximate surface area is 190 Å². The average Bonchev–Trinajstić information content (AvgIpc) is 3.28. The fraction of sp³-hybridized carbons (Fsp3) is 0.160. The van der Waals surface area contributed by atoms with Crippen molar-refractivity contribution in [2.75, 3.05) is 13.7 Å². The fourth-order valence-corrected chi connectivity index (χ4v) is 3.69. The van der Waals surface area contributed by atoms with E-state index in [-0.39, 0.29) is 17.1 Å². The number of benzene rings is 3. The van der Waals surface area contributed by atoms with Crippen molar-refractivity contribution in [3.05, 3.63) is 89.5 Å². The lowest BCUT2D eigenvalue weighted by Gasteiger charge is -2.23. The zero-order valence-electron chi connectivity index (χ0n) is 17.8. The number of para-hydroxylation sites is 1. The van der Waals surface area contributed by atoms with E-state index in [0.717, 1.165) is 16.8 Å². The maximum Gasteiger partial charge on any atom is 0.341 e. The van der Waals surface area contributed by atoms with Crippen molar-refractivity contribution in [2.45, 2.75) is 12.5 Å². The number of phenolic OH excluding ortho intramolecular Hbond substituents is 1. The third-order valence-electron chi connectivity index (χ3n) is 5.28. The van der Waals surface area contributed by atoms with Crippen LogP contribution >= 0.6 is 0 Å². The summed E-state index contributed by atoms with van der Waals surface area (Å²) in [5.74, 6) is -1.03.